The zero-order valence-electron chi connectivity index (χ0n) is 19.8. The van der Waals surface area contributed by atoms with Gasteiger partial charge in [-0.15, -0.1) is 0 Å². The number of rotatable bonds is 7. The molecule has 36 heavy (non-hydrogen) atoms. The first-order chi connectivity index (χ1) is 17.6. The summed E-state index contributed by atoms with van der Waals surface area (Å²) >= 11 is 0. The average molecular weight is 481 g/mol. The van der Waals surface area contributed by atoms with E-state index in [0.29, 0.717) is 45.8 Å². The largest absolute Gasteiger partial charge is 0.493 e. The number of carbonyl (C=O) groups is 1. The smallest absolute Gasteiger partial charge is 0.257 e. The molecule has 0 aliphatic heterocycles. The third kappa shape index (κ3) is 4.18. The molecule has 180 valence electrons. The molecule has 3 aromatic carbocycles. The highest BCUT2D eigenvalue weighted by Gasteiger charge is 2.24. The Morgan fingerprint density at radius 2 is 1.69 bits per heavy atom. The molecule has 5 rings (SSSR count). The number of methoxy groups -OCH3 is 2. The van der Waals surface area contributed by atoms with Gasteiger partial charge >= 0.3 is 0 Å². The van der Waals surface area contributed by atoms with Crippen LogP contribution in [0.3, 0.4) is 0 Å². The maximum atomic E-state index is 13.3. The van der Waals surface area contributed by atoms with E-state index in [9.17, 15) is 4.79 Å². The maximum Gasteiger partial charge on any atom is 0.257 e. The van der Waals surface area contributed by atoms with Gasteiger partial charge in [0, 0.05) is 12.1 Å². The number of nitrogens with zero attached hydrogens (tertiary/aromatic N) is 4. The summed E-state index contributed by atoms with van der Waals surface area (Å²) < 4.78 is 12.3. The number of nitrogens with one attached hydrogen (secondary N) is 1. The predicted molar refractivity (Wildman–Crippen MR) is 140 cm³/mol. The molecule has 0 fully saturated rings. The van der Waals surface area contributed by atoms with E-state index in [-0.39, 0.29) is 17.3 Å². The second-order valence-corrected chi connectivity index (χ2v) is 7.95. The van der Waals surface area contributed by atoms with Crippen molar-refractivity contribution in [2.75, 3.05) is 20.0 Å². The molecular weight excluding hydrogens is 456 g/mol. The fourth-order valence-electron chi connectivity index (χ4n) is 3.99. The van der Waals surface area contributed by atoms with Crippen LogP contribution in [0.5, 0.6) is 11.5 Å². The summed E-state index contributed by atoms with van der Waals surface area (Å²) in [5.74, 6) is 0.859. The van der Waals surface area contributed by atoms with Crippen LogP contribution in [0.25, 0.3) is 22.2 Å². The minimum absolute atomic E-state index is 0.129. The Balaban J connectivity index is 1.62. The number of hydrogen-bond donors (Lipinski definition) is 2. The summed E-state index contributed by atoms with van der Waals surface area (Å²) in [7, 11) is 3.12. The van der Waals surface area contributed by atoms with Crippen LogP contribution in [-0.2, 0) is 6.54 Å². The molecule has 5 aromatic rings. The molecule has 0 saturated heterocycles. The number of carbonyl (C=O) groups excluding carboxylic acids is 1. The van der Waals surface area contributed by atoms with Gasteiger partial charge in [-0.1, -0.05) is 48.5 Å². The topological polar surface area (TPSA) is 117 Å². The van der Waals surface area contributed by atoms with E-state index in [2.05, 4.69) is 10.4 Å². The molecule has 0 radical (unpaired) electrons. The van der Waals surface area contributed by atoms with Gasteiger partial charge < -0.3 is 20.5 Å². The maximum absolute atomic E-state index is 13.3. The first-order valence-electron chi connectivity index (χ1n) is 11.2. The highest BCUT2D eigenvalue weighted by Crippen LogP contribution is 2.31. The summed E-state index contributed by atoms with van der Waals surface area (Å²) in [5.41, 5.74) is 10.4. The van der Waals surface area contributed by atoms with Crippen molar-refractivity contribution in [3.8, 4) is 11.5 Å². The number of nitrogens with two attached hydrogens (primary N) is 1. The van der Waals surface area contributed by atoms with Crippen molar-refractivity contribution in [3.63, 3.8) is 0 Å². The first-order valence-corrected chi connectivity index (χ1v) is 11.2. The predicted octanol–water partition coefficient (Wildman–Crippen LogP) is 4.00. The van der Waals surface area contributed by atoms with Gasteiger partial charge in [0.25, 0.3) is 5.91 Å². The number of anilines is 1. The fraction of sp³-hybridized carbons (Fsp3) is 0.111. The summed E-state index contributed by atoms with van der Waals surface area (Å²) in [5, 5.41) is 7.49. The normalized spacial score (nSPS) is 11.3. The van der Waals surface area contributed by atoms with Crippen LogP contribution >= 0.6 is 0 Å². The van der Waals surface area contributed by atoms with Crippen molar-refractivity contribution < 1.29 is 14.3 Å². The van der Waals surface area contributed by atoms with E-state index in [1.807, 2.05) is 66.7 Å². The lowest BCUT2D eigenvalue weighted by Crippen LogP contribution is -2.23. The third-order valence-corrected chi connectivity index (χ3v) is 5.74. The Labute approximate surface area is 207 Å². The van der Waals surface area contributed by atoms with Crippen LogP contribution < -0.4 is 20.5 Å². The average Bonchev–Trinajstić information content (AvgIpc) is 3.19. The van der Waals surface area contributed by atoms with E-state index in [4.69, 9.17) is 25.2 Å². The number of hydrogen-bond acceptors (Lipinski definition) is 7. The Morgan fingerprint density at radius 3 is 2.42 bits per heavy atom. The van der Waals surface area contributed by atoms with Crippen LogP contribution in [0.4, 0.5) is 5.82 Å². The minimum Gasteiger partial charge on any atom is -0.493 e. The number of aromatic nitrogens is 3. The van der Waals surface area contributed by atoms with E-state index in [1.54, 1.807) is 26.5 Å². The molecule has 0 spiro atoms. The third-order valence-electron chi connectivity index (χ3n) is 5.74. The minimum atomic E-state index is -0.362. The molecule has 0 atom stereocenters. The quantitative estimate of drug-likeness (QED) is 0.340. The van der Waals surface area contributed by atoms with Gasteiger partial charge in [-0.2, -0.15) is 9.78 Å². The van der Waals surface area contributed by atoms with E-state index < -0.39 is 0 Å². The van der Waals surface area contributed by atoms with E-state index in [1.165, 1.54) is 4.68 Å². The van der Waals surface area contributed by atoms with Crippen LogP contribution in [0.15, 0.2) is 77.9 Å². The van der Waals surface area contributed by atoms with Gasteiger partial charge in [-0.3, -0.25) is 4.79 Å². The first kappa shape index (κ1) is 22.9. The number of amides is 1. The zero-order chi connectivity index (χ0) is 25.1. The van der Waals surface area contributed by atoms with Gasteiger partial charge in [-0.05, 0) is 29.8 Å². The standard InChI is InChI=1S/C27H24N6O3/c1-35-21-14-8-11-18(24(21)36-2)16-30-33-25(28)22(27(34)29-15-17-9-4-3-5-10-17)23-26(33)32-20-13-7-6-12-19(20)31-23/h3-14,16H,15,28H2,1-2H3,(H,29,34)/b30-16-. The van der Waals surface area contributed by atoms with Crippen molar-refractivity contribution in [3.05, 3.63) is 89.5 Å². The second kappa shape index (κ2) is 9.75. The Bertz CT molecular complexity index is 1590. The molecule has 1 amide bonds. The number of fused-ring (bicyclic) bond motifs is 2. The van der Waals surface area contributed by atoms with E-state index in [0.717, 1.165) is 5.56 Å². The lowest BCUT2D eigenvalue weighted by Gasteiger charge is -2.09. The van der Waals surface area contributed by atoms with Gasteiger partial charge in [-0.25, -0.2) is 9.97 Å². The molecule has 3 N–H and O–H groups in total. The van der Waals surface area contributed by atoms with Crippen molar-refractivity contribution >= 4 is 40.1 Å². The molecule has 0 bridgehead atoms. The lowest BCUT2D eigenvalue weighted by atomic mass is 10.2. The molecule has 2 aromatic heterocycles. The SMILES string of the molecule is COc1cccc(/C=N\n2c(N)c(C(=O)NCc3ccccc3)c3nc4ccccc4nc32)c1OC. The zero-order valence-corrected chi connectivity index (χ0v) is 19.8. The Morgan fingerprint density at radius 1 is 0.972 bits per heavy atom. The van der Waals surface area contributed by atoms with E-state index >= 15 is 0 Å². The summed E-state index contributed by atoms with van der Waals surface area (Å²) in [6.45, 7) is 0.344. The van der Waals surface area contributed by atoms with Gasteiger partial charge in [0.2, 0.25) is 0 Å². The van der Waals surface area contributed by atoms with Gasteiger partial charge in [0.1, 0.15) is 16.9 Å². The van der Waals surface area contributed by atoms with Crippen molar-refractivity contribution in [1.82, 2.24) is 20.0 Å². The fourth-order valence-corrected chi connectivity index (χ4v) is 3.99. The lowest BCUT2D eigenvalue weighted by molar-refractivity contribution is 0.0953. The highest BCUT2D eigenvalue weighted by molar-refractivity contribution is 6.10. The van der Waals surface area contributed by atoms with Gasteiger partial charge in [0.15, 0.2) is 17.1 Å². The van der Waals surface area contributed by atoms with Crippen LogP contribution in [0, 0.1) is 0 Å². The molecule has 0 saturated carbocycles. The Hall–Kier alpha value is -4.92. The highest BCUT2D eigenvalue weighted by atomic mass is 16.5. The van der Waals surface area contributed by atoms with Crippen molar-refractivity contribution in [2.24, 2.45) is 5.10 Å². The van der Waals surface area contributed by atoms with Crippen molar-refractivity contribution in [1.29, 1.82) is 0 Å². The monoisotopic (exact) mass is 480 g/mol. The molecule has 0 aliphatic rings. The van der Waals surface area contributed by atoms with Gasteiger partial charge in [0.05, 0.1) is 31.5 Å². The van der Waals surface area contributed by atoms with Crippen LogP contribution in [0.1, 0.15) is 21.5 Å². The number of ether oxygens (including phenoxy) is 2. The second-order valence-electron chi connectivity index (χ2n) is 7.95. The summed E-state index contributed by atoms with van der Waals surface area (Å²) in [4.78, 5) is 22.7. The van der Waals surface area contributed by atoms with Crippen molar-refractivity contribution in [2.45, 2.75) is 6.54 Å². The molecule has 9 heteroatoms. The summed E-state index contributed by atoms with van der Waals surface area (Å²) in [6.07, 6.45) is 1.58. The molecule has 0 unspecified atom stereocenters. The molecule has 2 heterocycles. The van der Waals surface area contributed by atoms with Crippen LogP contribution in [0.2, 0.25) is 0 Å². The Kier molecular flexibility index (Phi) is 6.19. The van der Waals surface area contributed by atoms with Crippen LogP contribution in [-0.4, -0.2) is 41.0 Å². The number of benzene rings is 3. The number of para-hydroxylation sites is 3. The summed E-state index contributed by atoms with van der Waals surface area (Å²) in [6, 6.07) is 22.5. The molecule has 9 nitrogen and oxygen atoms in total. The molecular formula is C27H24N6O3. The number of nitrogen functional groups attached to an aromatic ring is 1. The molecule has 0 aliphatic carbocycles.